The summed E-state index contributed by atoms with van der Waals surface area (Å²) in [6.07, 6.45) is 5.70. The lowest BCUT2D eigenvalue weighted by Crippen LogP contribution is -2.24. The fourth-order valence-electron chi connectivity index (χ4n) is 1.60. The fraction of sp³-hybridized carbons (Fsp3) is 0.375. The third kappa shape index (κ3) is 5.23. The average Bonchev–Trinajstić information content (AvgIpc) is 2.42. The van der Waals surface area contributed by atoms with Crippen molar-refractivity contribution in [3.63, 3.8) is 0 Å². The van der Waals surface area contributed by atoms with Crippen molar-refractivity contribution in [2.24, 2.45) is 0 Å². The zero-order valence-corrected chi connectivity index (χ0v) is 12.5. The molecule has 0 aromatic heterocycles. The third-order valence-electron chi connectivity index (χ3n) is 2.77. The van der Waals surface area contributed by atoms with Crippen molar-refractivity contribution in [2.75, 3.05) is 0 Å². The molecule has 19 heavy (non-hydrogen) atoms. The van der Waals surface area contributed by atoms with Crippen molar-refractivity contribution >= 4 is 11.8 Å². The molecule has 0 aliphatic carbocycles. The molecule has 0 aliphatic heterocycles. The van der Waals surface area contributed by atoms with E-state index in [0.29, 0.717) is 0 Å². The molecule has 2 N–H and O–H groups in total. The van der Waals surface area contributed by atoms with Crippen LogP contribution in [0.5, 0.6) is 0 Å². The highest BCUT2D eigenvalue weighted by Crippen LogP contribution is 2.26. The molecular weight excluding hydrogens is 256 g/mol. The second-order valence-corrected chi connectivity index (χ2v) is 5.56. The summed E-state index contributed by atoms with van der Waals surface area (Å²) >= 11 is 1.27. The predicted molar refractivity (Wildman–Crippen MR) is 82.2 cm³/mol. The largest absolute Gasteiger partial charge is 0.385 e. The van der Waals surface area contributed by atoms with Crippen LogP contribution >= 0.6 is 11.8 Å². The van der Waals surface area contributed by atoms with E-state index in [1.54, 1.807) is 0 Å². The van der Waals surface area contributed by atoms with Gasteiger partial charge in [-0.2, -0.15) is 0 Å². The van der Waals surface area contributed by atoms with Crippen molar-refractivity contribution in [1.29, 1.82) is 0 Å². The van der Waals surface area contributed by atoms with Crippen LogP contribution in [0.2, 0.25) is 0 Å². The second kappa shape index (κ2) is 8.20. The highest BCUT2D eigenvalue weighted by Gasteiger charge is 2.19. The van der Waals surface area contributed by atoms with Gasteiger partial charge in [-0.05, 0) is 38.0 Å². The summed E-state index contributed by atoms with van der Waals surface area (Å²) in [4.78, 5) is 0.951. The van der Waals surface area contributed by atoms with Crippen molar-refractivity contribution in [3.8, 4) is 0 Å². The molecule has 2 unspecified atom stereocenters. The van der Waals surface area contributed by atoms with Gasteiger partial charge in [-0.25, -0.2) is 0 Å². The summed E-state index contributed by atoms with van der Waals surface area (Å²) in [6.45, 7) is 5.92. The first-order valence-corrected chi connectivity index (χ1v) is 7.38. The van der Waals surface area contributed by atoms with Crippen LogP contribution < -0.4 is 0 Å². The zero-order valence-electron chi connectivity index (χ0n) is 11.7. The molecule has 104 valence electrons. The van der Waals surface area contributed by atoms with E-state index in [1.165, 1.54) is 17.3 Å². The lowest BCUT2D eigenvalue weighted by atomic mass is 10.1. The predicted octanol–water partition coefficient (Wildman–Crippen LogP) is 3.68. The molecule has 2 atom stereocenters. The summed E-state index contributed by atoms with van der Waals surface area (Å²) < 4.78 is 0. The third-order valence-corrected chi connectivity index (χ3v) is 3.81. The maximum atomic E-state index is 10.1. The zero-order chi connectivity index (χ0) is 14.3. The molecule has 0 radical (unpaired) electrons. The molecular formula is C16H22O2S. The van der Waals surface area contributed by atoms with Gasteiger partial charge in [-0.15, -0.1) is 0 Å². The number of benzene rings is 1. The summed E-state index contributed by atoms with van der Waals surface area (Å²) in [7, 11) is 0. The first-order chi connectivity index (χ1) is 9.08. The average molecular weight is 278 g/mol. The number of aliphatic hydroxyl groups excluding tert-OH is 2. The molecule has 0 saturated carbocycles. The van der Waals surface area contributed by atoms with Crippen LogP contribution in [0, 0.1) is 6.92 Å². The summed E-state index contributed by atoms with van der Waals surface area (Å²) in [5.74, 6) is 0. The molecule has 0 heterocycles. The Hall–Kier alpha value is -1.03. The smallest absolute Gasteiger partial charge is 0.134 e. The summed E-state index contributed by atoms with van der Waals surface area (Å²) in [5, 5.41) is 20.2. The van der Waals surface area contributed by atoms with Gasteiger partial charge in [0.2, 0.25) is 0 Å². The van der Waals surface area contributed by atoms with Gasteiger partial charge in [0.15, 0.2) is 0 Å². The SMILES string of the molecule is C/C=C(\C=C/CC)C(O)C(O)Sc1ccc(C)cc1. The summed E-state index contributed by atoms with van der Waals surface area (Å²) in [5.41, 5.74) is 1.06. The highest BCUT2D eigenvalue weighted by molar-refractivity contribution is 7.99. The first-order valence-electron chi connectivity index (χ1n) is 6.50. The lowest BCUT2D eigenvalue weighted by Gasteiger charge is -2.18. The topological polar surface area (TPSA) is 40.5 Å². The number of thioether (sulfide) groups is 1. The molecule has 1 aromatic carbocycles. The van der Waals surface area contributed by atoms with Gasteiger partial charge in [-0.3, -0.25) is 0 Å². The molecule has 3 heteroatoms. The van der Waals surface area contributed by atoms with E-state index < -0.39 is 11.5 Å². The van der Waals surface area contributed by atoms with Crippen molar-refractivity contribution in [1.82, 2.24) is 0 Å². The highest BCUT2D eigenvalue weighted by atomic mass is 32.2. The van der Waals surface area contributed by atoms with E-state index in [2.05, 4.69) is 0 Å². The van der Waals surface area contributed by atoms with Crippen LogP contribution in [-0.4, -0.2) is 21.8 Å². The monoisotopic (exact) mass is 278 g/mol. The quantitative estimate of drug-likeness (QED) is 0.474. The van der Waals surface area contributed by atoms with Gasteiger partial charge >= 0.3 is 0 Å². The van der Waals surface area contributed by atoms with E-state index in [0.717, 1.165) is 16.9 Å². The molecule has 0 fully saturated rings. The minimum absolute atomic E-state index is 0.744. The first kappa shape index (κ1) is 16.0. The minimum atomic E-state index is -0.876. The van der Waals surface area contributed by atoms with Gasteiger partial charge in [0.25, 0.3) is 0 Å². The Labute approximate surface area is 119 Å². The Balaban J connectivity index is 2.68. The maximum absolute atomic E-state index is 10.1. The number of aryl methyl sites for hydroxylation is 1. The molecule has 2 nitrogen and oxygen atoms in total. The number of aliphatic hydroxyl groups is 2. The molecule has 0 spiro atoms. The van der Waals surface area contributed by atoms with Gasteiger partial charge in [0.1, 0.15) is 11.5 Å². The van der Waals surface area contributed by atoms with Gasteiger partial charge in [-0.1, -0.05) is 54.6 Å². The van der Waals surface area contributed by atoms with Gasteiger partial charge in [0, 0.05) is 4.90 Å². The summed E-state index contributed by atoms with van der Waals surface area (Å²) in [6, 6.07) is 7.89. The maximum Gasteiger partial charge on any atom is 0.134 e. The van der Waals surface area contributed by atoms with Crippen molar-refractivity contribution in [3.05, 3.63) is 53.6 Å². The van der Waals surface area contributed by atoms with Crippen molar-refractivity contribution < 1.29 is 10.2 Å². The number of allylic oxidation sites excluding steroid dienone is 2. The Bertz CT molecular complexity index is 435. The Morgan fingerprint density at radius 2 is 1.89 bits per heavy atom. The number of rotatable bonds is 6. The van der Waals surface area contributed by atoms with Crippen LogP contribution in [0.3, 0.4) is 0 Å². The lowest BCUT2D eigenvalue weighted by molar-refractivity contribution is 0.101. The molecule has 1 rings (SSSR count). The standard InChI is InChI=1S/C16H22O2S/c1-4-6-7-13(5-2)15(17)16(18)19-14-10-8-12(3)9-11-14/h5-11,15-18H,4H2,1-3H3/b7-6-,13-5+. The van der Waals surface area contributed by atoms with Crippen molar-refractivity contribution in [2.45, 2.75) is 43.6 Å². The Morgan fingerprint density at radius 3 is 2.42 bits per heavy atom. The van der Waals surface area contributed by atoms with E-state index in [4.69, 9.17) is 0 Å². The van der Waals surface area contributed by atoms with E-state index >= 15 is 0 Å². The van der Waals surface area contributed by atoms with Crippen LogP contribution in [0.4, 0.5) is 0 Å². The van der Waals surface area contributed by atoms with Gasteiger partial charge < -0.3 is 10.2 Å². The molecule has 1 aromatic rings. The van der Waals surface area contributed by atoms with Crippen LogP contribution in [0.25, 0.3) is 0 Å². The minimum Gasteiger partial charge on any atom is -0.385 e. The van der Waals surface area contributed by atoms with Crippen LogP contribution in [-0.2, 0) is 0 Å². The Kier molecular flexibility index (Phi) is 6.92. The molecule has 0 amide bonds. The normalized spacial score (nSPS) is 15.7. The van der Waals surface area contributed by atoms with Gasteiger partial charge in [0.05, 0.1) is 0 Å². The second-order valence-electron chi connectivity index (χ2n) is 4.37. The van der Waals surface area contributed by atoms with Crippen LogP contribution in [0.15, 0.2) is 53.0 Å². The van der Waals surface area contributed by atoms with E-state index in [1.807, 2.05) is 63.3 Å². The van der Waals surface area contributed by atoms with E-state index in [-0.39, 0.29) is 0 Å². The number of hydrogen-bond acceptors (Lipinski definition) is 3. The molecule has 0 aliphatic rings. The Morgan fingerprint density at radius 1 is 1.26 bits per heavy atom. The van der Waals surface area contributed by atoms with E-state index in [9.17, 15) is 10.2 Å². The number of hydrogen-bond donors (Lipinski definition) is 2. The fourth-order valence-corrected chi connectivity index (χ4v) is 2.46. The van der Waals surface area contributed by atoms with Crippen LogP contribution in [0.1, 0.15) is 25.8 Å². The molecule has 0 bridgehead atoms. The molecule has 0 saturated heterocycles.